The molecule has 0 radical (unpaired) electrons. The summed E-state index contributed by atoms with van der Waals surface area (Å²) < 4.78 is 12.9. The molecule has 8 heteroatoms. The summed E-state index contributed by atoms with van der Waals surface area (Å²) in [5, 5.41) is 12.1. The lowest BCUT2D eigenvalue weighted by atomic mass is 10.2. The number of nitrogens with one attached hydrogen (secondary N) is 1. The Morgan fingerprint density at radius 1 is 1.35 bits per heavy atom. The Morgan fingerprint density at radius 3 is 2.81 bits per heavy atom. The smallest absolute Gasteiger partial charge is 0.230 e. The molecule has 2 aromatic rings. The van der Waals surface area contributed by atoms with Crippen LogP contribution in [-0.4, -0.2) is 45.7 Å². The van der Waals surface area contributed by atoms with Crippen molar-refractivity contribution in [2.24, 2.45) is 5.92 Å². The van der Waals surface area contributed by atoms with Crippen molar-refractivity contribution in [2.75, 3.05) is 18.9 Å². The number of amides is 1. The van der Waals surface area contributed by atoms with Crippen LogP contribution in [0.5, 0.6) is 0 Å². The molecule has 0 bridgehead atoms. The lowest BCUT2D eigenvalue weighted by Crippen LogP contribution is -2.27. The van der Waals surface area contributed by atoms with Crippen LogP contribution in [0.15, 0.2) is 28.0 Å². The molecule has 0 fully saturated rings. The number of aromatic nitrogens is 3. The zero-order chi connectivity index (χ0) is 18.9. The third-order valence-electron chi connectivity index (χ3n) is 3.43. The first kappa shape index (κ1) is 20.5. The molecule has 0 atom stereocenters. The molecule has 0 unspecified atom stereocenters. The maximum Gasteiger partial charge on any atom is 0.230 e. The Hall–Kier alpha value is -1.80. The highest BCUT2D eigenvalue weighted by molar-refractivity contribution is 7.99. The van der Waals surface area contributed by atoms with Gasteiger partial charge in [-0.25, -0.2) is 0 Å². The predicted octanol–water partition coefficient (Wildman–Crippen LogP) is 3.22. The Bertz CT molecular complexity index is 668. The summed E-state index contributed by atoms with van der Waals surface area (Å²) in [6, 6.07) is 3.69. The monoisotopic (exact) mass is 380 g/mol. The van der Waals surface area contributed by atoms with Crippen LogP contribution >= 0.6 is 11.8 Å². The number of nitrogens with zero attached hydrogens (tertiary/aromatic N) is 3. The van der Waals surface area contributed by atoms with Gasteiger partial charge in [-0.1, -0.05) is 25.6 Å². The number of carbonyl (C=O) groups is 1. The van der Waals surface area contributed by atoms with E-state index in [1.165, 1.54) is 11.8 Å². The summed E-state index contributed by atoms with van der Waals surface area (Å²) in [6.07, 6.45) is 2.64. The SMILES string of the molecule is CC(C)Cn1c(SCC(=O)NCCCOC(C)C)nnc1-c1ccco1. The standard InChI is InChI=1S/C18H28N4O3S/c1-13(2)11-22-17(15-7-5-9-25-15)20-21-18(22)26-12-16(23)19-8-6-10-24-14(3)4/h5,7,9,13-14H,6,8,10-12H2,1-4H3,(H,19,23). The van der Waals surface area contributed by atoms with Gasteiger partial charge < -0.3 is 14.5 Å². The maximum atomic E-state index is 12.0. The van der Waals surface area contributed by atoms with Crippen LogP contribution in [0, 0.1) is 5.92 Å². The number of thioether (sulfide) groups is 1. The van der Waals surface area contributed by atoms with Crippen molar-refractivity contribution in [1.82, 2.24) is 20.1 Å². The van der Waals surface area contributed by atoms with Crippen LogP contribution in [-0.2, 0) is 16.1 Å². The highest BCUT2D eigenvalue weighted by Gasteiger charge is 2.18. The fourth-order valence-corrected chi connectivity index (χ4v) is 3.09. The zero-order valence-corrected chi connectivity index (χ0v) is 16.7. The van der Waals surface area contributed by atoms with Crippen molar-refractivity contribution in [1.29, 1.82) is 0 Å². The van der Waals surface area contributed by atoms with Crippen LogP contribution in [0.4, 0.5) is 0 Å². The van der Waals surface area contributed by atoms with E-state index in [4.69, 9.17) is 9.15 Å². The first-order valence-corrected chi connectivity index (χ1v) is 9.94. The fourth-order valence-electron chi connectivity index (χ4n) is 2.31. The topological polar surface area (TPSA) is 82.2 Å². The van der Waals surface area contributed by atoms with Crippen molar-refractivity contribution >= 4 is 17.7 Å². The van der Waals surface area contributed by atoms with Crippen molar-refractivity contribution in [3.05, 3.63) is 18.4 Å². The maximum absolute atomic E-state index is 12.0. The van der Waals surface area contributed by atoms with Crippen LogP contribution in [0.2, 0.25) is 0 Å². The minimum atomic E-state index is -0.0156. The van der Waals surface area contributed by atoms with Gasteiger partial charge in [-0.05, 0) is 38.3 Å². The summed E-state index contributed by atoms with van der Waals surface area (Å²) in [4.78, 5) is 12.0. The van der Waals surface area contributed by atoms with E-state index in [1.54, 1.807) is 6.26 Å². The minimum Gasteiger partial charge on any atom is -0.461 e. The second-order valence-corrected chi connectivity index (χ2v) is 7.64. The summed E-state index contributed by atoms with van der Waals surface area (Å²) in [5.41, 5.74) is 0. The lowest BCUT2D eigenvalue weighted by molar-refractivity contribution is -0.118. The Kier molecular flexibility index (Phi) is 8.18. The van der Waals surface area contributed by atoms with Gasteiger partial charge in [-0.2, -0.15) is 0 Å². The van der Waals surface area contributed by atoms with Gasteiger partial charge in [0.25, 0.3) is 0 Å². The number of furan rings is 1. The quantitative estimate of drug-likeness (QED) is 0.476. The number of hydrogen-bond donors (Lipinski definition) is 1. The molecule has 26 heavy (non-hydrogen) atoms. The van der Waals surface area contributed by atoms with Gasteiger partial charge in [-0.15, -0.1) is 10.2 Å². The van der Waals surface area contributed by atoms with Crippen LogP contribution < -0.4 is 5.32 Å². The number of hydrogen-bond acceptors (Lipinski definition) is 6. The molecule has 0 saturated heterocycles. The van der Waals surface area contributed by atoms with E-state index in [9.17, 15) is 4.79 Å². The Balaban J connectivity index is 1.87. The number of carbonyl (C=O) groups excluding carboxylic acids is 1. The predicted molar refractivity (Wildman–Crippen MR) is 102 cm³/mol. The molecular weight excluding hydrogens is 352 g/mol. The lowest BCUT2D eigenvalue weighted by Gasteiger charge is -2.11. The largest absolute Gasteiger partial charge is 0.461 e. The molecule has 0 aliphatic carbocycles. The van der Waals surface area contributed by atoms with E-state index < -0.39 is 0 Å². The molecule has 0 aliphatic heterocycles. The van der Waals surface area contributed by atoms with E-state index in [0.717, 1.165) is 18.1 Å². The summed E-state index contributed by atoms with van der Waals surface area (Å²) in [6.45, 7) is 10.3. The molecule has 0 aromatic carbocycles. The third-order valence-corrected chi connectivity index (χ3v) is 4.40. The Morgan fingerprint density at radius 2 is 2.15 bits per heavy atom. The van der Waals surface area contributed by atoms with Crippen molar-refractivity contribution in [3.63, 3.8) is 0 Å². The van der Waals surface area contributed by atoms with Crippen molar-refractivity contribution < 1.29 is 13.9 Å². The first-order chi connectivity index (χ1) is 12.5. The van der Waals surface area contributed by atoms with Crippen LogP contribution in [0.3, 0.4) is 0 Å². The van der Waals surface area contributed by atoms with E-state index in [0.29, 0.717) is 36.4 Å². The second-order valence-electron chi connectivity index (χ2n) is 6.70. The molecule has 7 nitrogen and oxygen atoms in total. The van der Waals surface area contributed by atoms with Crippen molar-refractivity contribution in [3.8, 4) is 11.6 Å². The normalized spacial score (nSPS) is 11.5. The zero-order valence-electron chi connectivity index (χ0n) is 15.9. The van der Waals surface area contributed by atoms with Crippen LogP contribution in [0.1, 0.15) is 34.1 Å². The average Bonchev–Trinajstić information content (AvgIpc) is 3.21. The van der Waals surface area contributed by atoms with E-state index in [1.807, 2.05) is 30.5 Å². The molecule has 2 aromatic heterocycles. The van der Waals surface area contributed by atoms with Gasteiger partial charge in [0.15, 0.2) is 16.7 Å². The molecular formula is C18H28N4O3S. The van der Waals surface area contributed by atoms with Gasteiger partial charge in [0.2, 0.25) is 5.91 Å². The molecule has 1 amide bonds. The third kappa shape index (κ3) is 6.49. The fraction of sp³-hybridized carbons (Fsp3) is 0.611. The molecule has 0 aliphatic rings. The second kappa shape index (κ2) is 10.4. The minimum absolute atomic E-state index is 0.0156. The summed E-state index contributed by atoms with van der Waals surface area (Å²) >= 11 is 1.39. The molecule has 2 rings (SSSR count). The average molecular weight is 381 g/mol. The van der Waals surface area contributed by atoms with E-state index in [-0.39, 0.29) is 12.0 Å². The van der Waals surface area contributed by atoms with Crippen molar-refractivity contribution in [2.45, 2.75) is 51.9 Å². The highest BCUT2D eigenvalue weighted by Crippen LogP contribution is 2.25. The van der Waals surface area contributed by atoms with E-state index in [2.05, 4.69) is 29.4 Å². The number of rotatable bonds is 11. The summed E-state index contributed by atoms with van der Waals surface area (Å²) in [5.74, 6) is 2.09. The van der Waals surface area contributed by atoms with E-state index >= 15 is 0 Å². The molecule has 0 spiro atoms. The van der Waals surface area contributed by atoms with Crippen LogP contribution in [0.25, 0.3) is 11.6 Å². The molecule has 2 heterocycles. The highest BCUT2D eigenvalue weighted by atomic mass is 32.2. The first-order valence-electron chi connectivity index (χ1n) is 8.95. The molecule has 0 saturated carbocycles. The molecule has 144 valence electrons. The van der Waals surface area contributed by atoms with Gasteiger partial charge >= 0.3 is 0 Å². The Labute approximate surface area is 158 Å². The van der Waals surface area contributed by atoms with Gasteiger partial charge in [0, 0.05) is 19.7 Å². The van der Waals surface area contributed by atoms with Gasteiger partial charge in [-0.3, -0.25) is 9.36 Å². The number of ether oxygens (including phenoxy) is 1. The van der Waals surface area contributed by atoms with Gasteiger partial charge in [0.1, 0.15) is 0 Å². The molecule has 1 N–H and O–H groups in total. The summed E-state index contributed by atoms with van der Waals surface area (Å²) in [7, 11) is 0. The van der Waals surface area contributed by atoms with Gasteiger partial charge in [0.05, 0.1) is 18.1 Å².